The summed E-state index contributed by atoms with van der Waals surface area (Å²) in [6.45, 7) is 0.993. The zero-order valence-corrected chi connectivity index (χ0v) is 13.4. The number of hydrogen-bond donors (Lipinski definition) is 1. The Morgan fingerprint density at radius 2 is 2.16 bits per heavy atom. The van der Waals surface area contributed by atoms with Gasteiger partial charge in [-0.25, -0.2) is 4.79 Å². The first-order valence-corrected chi connectivity index (χ1v) is 7.83. The first-order chi connectivity index (χ1) is 12.0. The smallest absolute Gasteiger partial charge is 0.335 e. The molecule has 1 unspecified atom stereocenters. The van der Waals surface area contributed by atoms with Gasteiger partial charge >= 0.3 is 5.63 Å². The largest absolute Gasteiger partial charge is 0.488 e. The third-order valence-electron chi connectivity index (χ3n) is 3.90. The van der Waals surface area contributed by atoms with Crippen LogP contribution in [0.5, 0.6) is 5.75 Å². The number of ether oxygens (including phenoxy) is 1. The Morgan fingerprint density at radius 3 is 2.88 bits per heavy atom. The van der Waals surface area contributed by atoms with E-state index in [1.807, 2.05) is 0 Å². The lowest BCUT2D eigenvalue weighted by molar-refractivity contribution is 0.0535. The zero-order valence-electron chi connectivity index (χ0n) is 13.4. The molecule has 25 heavy (non-hydrogen) atoms. The molecule has 1 atom stereocenters. The highest BCUT2D eigenvalue weighted by Crippen LogP contribution is 2.20. The Morgan fingerprint density at radius 1 is 1.32 bits per heavy atom. The molecule has 0 aliphatic carbocycles. The summed E-state index contributed by atoms with van der Waals surface area (Å²) in [5, 5.41) is 0. The van der Waals surface area contributed by atoms with Gasteiger partial charge in [0.1, 0.15) is 23.8 Å². The third-order valence-corrected chi connectivity index (χ3v) is 3.90. The van der Waals surface area contributed by atoms with Crippen LogP contribution in [0, 0.1) is 0 Å². The number of aromatic nitrogens is 1. The molecule has 1 aliphatic heterocycles. The van der Waals surface area contributed by atoms with E-state index in [0.29, 0.717) is 24.4 Å². The van der Waals surface area contributed by atoms with Crippen molar-refractivity contribution in [2.24, 2.45) is 5.73 Å². The number of piperidine rings is 1. The lowest BCUT2D eigenvalue weighted by Gasteiger charge is -2.32. The Bertz CT molecular complexity index is 828. The molecule has 0 saturated carbocycles. The molecule has 2 amide bonds. The summed E-state index contributed by atoms with van der Waals surface area (Å²) in [5.74, 6) is -0.366. The maximum atomic E-state index is 12.5. The summed E-state index contributed by atoms with van der Waals surface area (Å²) >= 11 is 0. The molecule has 0 bridgehead atoms. The van der Waals surface area contributed by atoms with Gasteiger partial charge < -0.3 is 19.8 Å². The summed E-state index contributed by atoms with van der Waals surface area (Å²) in [6.07, 6.45) is 3.96. The minimum absolute atomic E-state index is 0.126. The summed E-state index contributed by atoms with van der Waals surface area (Å²) in [5.41, 5.74) is 5.16. The second kappa shape index (κ2) is 7.16. The molecule has 0 spiro atoms. The van der Waals surface area contributed by atoms with Crippen molar-refractivity contribution in [1.29, 1.82) is 0 Å². The fourth-order valence-electron chi connectivity index (χ4n) is 2.69. The van der Waals surface area contributed by atoms with Crippen molar-refractivity contribution in [1.82, 2.24) is 9.88 Å². The number of rotatable bonds is 4. The summed E-state index contributed by atoms with van der Waals surface area (Å²) in [4.78, 5) is 40.2. The lowest BCUT2D eigenvalue weighted by Crippen LogP contribution is -2.44. The fraction of sp³-hybridized carbons (Fsp3) is 0.294. The molecule has 2 N–H and O–H groups in total. The molecule has 8 heteroatoms. The highest BCUT2D eigenvalue weighted by atomic mass is 16.5. The van der Waals surface area contributed by atoms with Crippen LogP contribution in [0.3, 0.4) is 0 Å². The van der Waals surface area contributed by atoms with Crippen LogP contribution < -0.4 is 16.1 Å². The number of nitrogens with zero attached hydrogens (tertiary/aromatic N) is 2. The van der Waals surface area contributed by atoms with Crippen LogP contribution in [-0.4, -0.2) is 40.9 Å². The first-order valence-electron chi connectivity index (χ1n) is 7.83. The lowest BCUT2D eigenvalue weighted by atomic mass is 10.1. The highest BCUT2D eigenvalue weighted by molar-refractivity contribution is 5.93. The first kappa shape index (κ1) is 16.7. The molecule has 3 rings (SSSR count). The van der Waals surface area contributed by atoms with Crippen molar-refractivity contribution >= 4 is 11.8 Å². The van der Waals surface area contributed by atoms with E-state index in [-0.39, 0.29) is 17.7 Å². The SMILES string of the molecule is NC(=O)c1cc(OC2CCCN(C(=O)c3ccc(=O)oc3)C2)ccn1. The Kier molecular flexibility index (Phi) is 4.78. The van der Waals surface area contributed by atoms with Crippen molar-refractivity contribution < 1.29 is 18.7 Å². The maximum absolute atomic E-state index is 12.5. The van der Waals surface area contributed by atoms with E-state index in [1.54, 1.807) is 11.0 Å². The Hall–Kier alpha value is -3.16. The number of nitrogens with two attached hydrogens (primary N) is 1. The van der Waals surface area contributed by atoms with Crippen molar-refractivity contribution in [2.45, 2.75) is 18.9 Å². The molecule has 1 fully saturated rings. The summed E-state index contributed by atoms with van der Waals surface area (Å²) in [7, 11) is 0. The second-order valence-electron chi connectivity index (χ2n) is 5.72. The second-order valence-corrected chi connectivity index (χ2v) is 5.72. The average Bonchev–Trinajstić information content (AvgIpc) is 2.62. The van der Waals surface area contributed by atoms with Crippen LogP contribution in [0.15, 0.2) is 45.9 Å². The third kappa shape index (κ3) is 4.03. The number of hydrogen-bond acceptors (Lipinski definition) is 6. The van der Waals surface area contributed by atoms with E-state index in [1.165, 1.54) is 24.4 Å². The number of amides is 2. The summed E-state index contributed by atoms with van der Waals surface area (Å²) in [6, 6.07) is 5.78. The van der Waals surface area contributed by atoms with Gasteiger partial charge in [-0.2, -0.15) is 0 Å². The minimum atomic E-state index is -0.628. The molecule has 130 valence electrons. The quantitative estimate of drug-likeness (QED) is 0.878. The van der Waals surface area contributed by atoms with E-state index in [0.717, 1.165) is 19.1 Å². The molecule has 1 saturated heterocycles. The highest BCUT2D eigenvalue weighted by Gasteiger charge is 2.26. The Balaban J connectivity index is 1.67. The number of carbonyl (C=O) groups excluding carboxylic acids is 2. The van der Waals surface area contributed by atoms with Crippen LogP contribution in [-0.2, 0) is 0 Å². The van der Waals surface area contributed by atoms with E-state index < -0.39 is 11.5 Å². The van der Waals surface area contributed by atoms with E-state index >= 15 is 0 Å². The predicted octanol–water partition coefficient (Wildman–Crippen LogP) is 0.817. The van der Waals surface area contributed by atoms with Gasteiger partial charge in [0.25, 0.3) is 11.8 Å². The van der Waals surface area contributed by atoms with Crippen LogP contribution in [0.4, 0.5) is 0 Å². The standard InChI is InChI=1S/C17H17N3O5/c18-16(22)14-8-12(5-6-19-14)25-13-2-1-7-20(9-13)17(23)11-3-4-15(21)24-10-11/h3-6,8,10,13H,1-2,7,9H2,(H2,18,22). The molecule has 0 radical (unpaired) electrons. The molecule has 2 aromatic rings. The number of likely N-dealkylation sites (tertiary alicyclic amines) is 1. The zero-order chi connectivity index (χ0) is 17.8. The maximum Gasteiger partial charge on any atom is 0.335 e. The van der Waals surface area contributed by atoms with Crippen molar-refractivity contribution in [3.05, 3.63) is 58.4 Å². The minimum Gasteiger partial charge on any atom is -0.488 e. The van der Waals surface area contributed by atoms with Gasteiger partial charge in [-0.05, 0) is 25.0 Å². The molecular formula is C17H17N3O5. The van der Waals surface area contributed by atoms with Gasteiger partial charge in [0.2, 0.25) is 0 Å². The molecule has 0 aromatic carbocycles. The van der Waals surface area contributed by atoms with Crippen molar-refractivity contribution in [2.75, 3.05) is 13.1 Å². The van der Waals surface area contributed by atoms with Gasteiger partial charge in [-0.1, -0.05) is 0 Å². The predicted molar refractivity (Wildman–Crippen MR) is 87.3 cm³/mol. The van der Waals surface area contributed by atoms with Crippen LogP contribution in [0.1, 0.15) is 33.7 Å². The molecule has 8 nitrogen and oxygen atoms in total. The van der Waals surface area contributed by atoms with Gasteiger partial charge in [0.15, 0.2) is 0 Å². The van der Waals surface area contributed by atoms with Gasteiger partial charge in [-0.15, -0.1) is 0 Å². The molecule has 3 heterocycles. The topological polar surface area (TPSA) is 116 Å². The molecular weight excluding hydrogens is 326 g/mol. The van der Waals surface area contributed by atoms with Crippen LogP contribution >= 0.6 is 0 Å². The van der Waals surface area contributed by atoms with E-state index in [4.69, 9.17) is 14.9 Å². The monoisotopic (exact) mass is 343 g/mol. The van der Waals surface area contributed by atoms with E-state index in [2.05, 4.69) is 4.98 Å². The van der Waals surface area contributed by atoms with Crippen molar-refractivity contribution in [3.8, 4) is 5.75 Å². The summed E-state index contributed by atoms with van der Waals surface area (Å²) < 4.78 is 10.6. The number of carbonyl (C=O) groups is 2. The van der Waals surface area contributed by atoms with Crippen molar-refractivity contribution in [3.63, 3.8) is 0 Å². The average molecular weight is 343 g/mol. The fourth-order valence-corrected chi connectivity index (χ4v) is 2.69. The van der Waals surface area contributed by atoms with Gasteiger partial charge in [0, 0.05) is 24.9 Å². The van der Waals surface area contributed by atoms with Gasteiger partial charge in [0.05, 0.1) is 12.1 Å². The number of pyridine rings is 1. The van der Waals surface area contributed by atoms with E-state index in [9.17, 15) is 14.4 Å². The van der Waals surface area contributed by atoms with Crippen LogP contribution in [0.2, 0.25) is 0 Å². The number of primary amides is 1. The van der Waals surface area contributed by atoms with Crippen LogP contribution in [0.25, 0.3) is 0 Å². The molecule has 2 aromatic heterocycles. The molecule has 1 aliphatic rings. The van der Waals surface area contributed by atoms with Gasteiger partial charge in [-0.3, -0.25) is 14.6 Å². The Labute approximate surface area is 143 Å². The normalized spacial score (nSPS) is 17.1.